The van der Waals surface area contributed by atoms with Gasteiger partial charge in [0.15, 0.2) is 0 Å². The van der Waals surface area contributed by atoms with Gasteiger partial charge >= 0.3 is 0 Å². The molecule has 0 radical (unpaired) electrons. The maximum Gasteiger partial charge on any atom is 0.289 e. The SMILES string of the molecule is CC=COc1ccco1. The first-order valence-electron chi connectivity index (χ1n) is 2.75. The van der Waals surface area contributed by atoms with Crippen molar-refractivity contribution < 1.29 is 9.15 Å². The van der Waals surface area contributed by atoms with Gasteiger partial charge in [0.25, 0.3) is 5.95 Å². The fraction of sp³-hybridized carbons (Fsp3) is 0.143. The summed E-state index contributed by atoms with van der Waals surface area (Å²) in [6, 6.07) is 3.53. The highest BCUT2D eigenvalue weighted by Crippen LogP contribution is 2.09. The standard InChI is InChI=1S/C7H8O2/c1-2-5-8-7-4-3-6-9-7/h2-6H,1H3. The van der Waals surface area contributed by atoms with Crippen molar-refractivity contribution in [2.24, 2.45) is 0 Å². The van der Waals surface area contributed by atoms with E-state index in [0.717, 1.165) is 0 Å². The van der Waals surface area contributed by atoms with Gasteiger partial charge < -0.3 is 9.15 Å². The Kier molecular flexibility index (Phi) is 1.96. The summed E-state index contributed by atoms with van der Waals surface area (Å²) < 4.78 is 9.81. The third-order valence-corrected chi connectivity index (χ3v) is 0.815. The summed E-state index contributed by atoms with van der Waals surface area (Å²) in [6.07, 6.45) is 4.93. The summed E-state index contributed by atoms with van der Waals surface area (Å²) in [7, 11) is 0. The number of allylic oxidation sites excluding steroid dienone is 1. The van der Waals surface area contributed by atoms with Crippen molar-refractivity contribution in [1.82, 2.24) is 0 Å². The van der Waals surface area contributed by atoms with E-state index in [4.69, 9.17) is 9.15 Å². The van der Waals surface area contributed by atoms with Crippen LogP contribution in [-0.2, 0) is 0 Å². The Bertz CT molecular complexity index is 175. The Balaban J connectivity index is 2.48. The van der Waals surface area contributed by atoms with Crippen LogP contribution in [0.1, 0.15) is 6.92 Å². The summed E-state index contributed by atoms with van der Waals surface area (Å²) >= 11 is 0. The van der Waals surface area contributed by atoms with Gasteiger partial charge in [0, 0.05) is 6.07 Å². The van der Waals surface area contributed by atoms with Crippen molar-refractivity contribution in [3.8, 4) is 5.95 Å². The molecular weight excluding hydrogens is 116 g/mol. The average molecular weight is 124 g/mol. The third-order valence-electron chi connectivity index (χ3n) is 0.815. The summed E-state index contributed by atoms with van der Waals surface area (Å²) in [5, 5.41) is 0. The van der Waals surface area contributed by atoms with E-state index in [2.05, 4.69) is 0 Å². The van der Waals surface area contributed by atoms with Gasteiger partial charge in [-0.2, -0.15) is 0 Å². The molecule has 1 aromatic rings. The smallest absolute Gasteiger partial charge is 0.289 e. The minimum Gasteiger partial charge on any atom is -0.434 e. The molecular formula is C7H8O2. The molecule has 2 heteroatoms. The van der Waals surface area contributed by atoms with Gasteiger partial charge in [0.1, 0.15) is 0 Å². The quantitative estimate of drug-likeness (QED) is 0.564. The minimum atomic E-state index is 0.521. The third kappa shape index (κ3) is 1.64. The van der Waals surface area contributed by atoms with Crippen LogP contribution in [0.2, 0.25) is 0 Å². The van der Waals surface area contributed by atoms with Crippen LogP contribution in [0.25, 0.3) is 0 Å². The molecule has 0 spiro atoms. The maximum atomic E-state index is 4.95. The number of hydrogen-bond acceptors (Lipinski definition) is 2. The lowest BCUT2D eigenvalue weighted by atomic mass is 10.6. The van der Waals surface area contributed by atoms with Gasteiger partial charge in [-0.1, -0.05) is 6.08 Å². The predicted octanol–water partition coefficient (Wildman–Crippen LogP) is 2.19. The van der Waals surface area contributed by atoms with E-state index in [1.165, 1.54) is 0 Å². The van der Waals surface area contributed by atoms with E-state index in [1.807, 2.05) is 6.92 Å². The van der Waals surface area contributed by atoms with E-state index in [0.29, 0.717) is 5.95 Å². The van der Waals surface area contributed by atoms with Crippen molar-refractivity contribution in [2.45, 2.75) is 6.92 Å². The molecule has 0 amide bonds. The predicted molar refractivity (Wildman–Crippen MR) is 34.1 cm³/mol. The van der Waals surface area contributed by atoms with Gasteiger partial charge in [-0.15, -0.1) is 0 Å². The van der Waals surface area contributed by atoms with Crippen LogP contribution in [0, 0.1) is 0 Å². The largest absolute Gasteiger partial charge is 0.434 e. The highest BCUT2D eigenvalue weighted by Gasteiger charge is 1.87. The molecule has 1 rings (SSSR count). The van der Waals surface area contributed by atoms with Crippen LogP contribution in [0.5, 0.6) is 5.95 Å². The molecule has 1 aromatic heterocycles. The Morgan fingerprint density at radius 3 is 3.11 bits per heavy atom. The summed E-state index contributed by atoms with van der Waals surface area (Å²) in [4.78, 5) is 0. The van der Waals surface area contributed by atoms with E-state index in [-0.39, 0.29) is 0 Å². The zero-order valence-corrected chi connectivity index (χ0v) is 5.20. The molecule has 48 valence electrons. The maximum absolute atomic E-state index is 4.95. The highest BCUT2D eigenvalue weighted by atomic mass is 16.6. The minimum absolute atomic E-state index is 0.521. The molecule has 1 heterocycles. The number of ether oxygens (including phenoxy) is 1. The van der Waals surface area contributed by atoms with Crippen molar-refractivity contribution in [1.29, 1.82) is 0 Å². The van der Waals surface area contributed by atoms with E-state index >= 15 is 0 Å². The number of hydrogen-bond donors (Lipinski definition) is 0. The first-order chi connectivity index (χ1) is 4.43. The van der Waals surface area contributed by atoms with E-state index < -0.39 is 0 Å². The Hall–Kier alpha value is -1.18. The molecule has 0 saturated heterocycles. The summed E-state index contributed by atoms with van der Waals surface area (Å²) in [6.45, 7) is 1.88. The monoisotopic (exact) mass is 124 g/mol. The van der Waals surface area contributed by atoms with Crippen LogP contribution in [0.4, 0.5) is 0 Å². The fourth-order valence-electron chi connectivity index (χ4n) is 0.466. The Morgan fingerprint density at radius 1 is 1.67 bits per heavy atom. The second-order valence-electron chi connectivity index (χ2n) is 1.52. The second kappa shape index (κ2) is 2.97. The summed E-state index contributed by atoms with van der Waals surface area (Å²) in [5.41, 5.74) is 0. The first-order valence-corrected chi connectivity index (χ1v) is 2.75. The van der Waals surface area contributed by atoms with Gasteiger partial charge in [-0.3, -0.25) is 0 Å². The summed E-state index contributed by atoms with van der Waals surface area (Å²) in [5.74, 6) is 0.521. The van der Waals surface area contributed by atoms with Crippen molar-refractivity contribution >= 4 is 0 Å². The fourth-order valence-corrected chi connectivity index (χ4v) is 0.466. The van der Waals surface area contributed by atoms with Crippen LogP contribution < -0.4 is 4.74 Å². The van der Waals surface area contributed by atoms with E-state index in [9.17, 15) is 0 Å². The molecule has 9 heavy (non-hydrogen) atoms. The van der Waals surface area contributed by atoms with Crippen LogP contribution in [0.15, 0.2) is 35.2 Å². The molecule has 0 atom stereocenters. The molecule has 0 aliphatic heterocycles. The van der Waals surface area contributed by atoms with Gasteiger partial charge in [0.2, 0.25) is 0 Å². The molecule has 0 unspecified atom stereocenters. The Morgan fingerprint density at radius 2 is 2.56 bits per heavy atom. The Labute approximate surface area is 53.7 Å². The zero-order valence-electron chi connectivity index (χ0n) is 5.20. The van der Waals surface area contributed by atoms with Crippen LogP contribution in [0.3, 0.4) is 0 Å². The molecule has 0 aromatic carbocycles. The second-order valence-corrected chi connectivity index (χ2v) is 1.52. The van der Waals surface area contributed by atoms with Crippen LogP contribution in [-0.4, -0.2) is 0 Å². The lowest BCUT2D eigenvalue weighted by Crippen LogP contribution is -1.74. The lowest BCUT2D eigenvalue weighted by molar-refractivity contribution is 0.344. The van der Waals surface area contributed by atoms with Crippen LogP contribution >= 0.6 is 0 Å². The van der Waals surface area contributed by atoms with Crippen molar-refractivity contribution in [3.05, 3.63) is 30.7 Å². The molecule has 0 aliphatic carbocycles. The van der Waals surface area contributed by atoms with Crippen molar-refractivity contribution in [2.75, 3.05) is 0 Å². The molecule has 2 nitrogen and oxygen atoms in total. The number of furan rings is 1. The lowest BCUT2D eigenvalue weighted by Gasteiger charge is -1.88. The molecule has 0 aliphatic rings. The normalized spacial score (nSPS) is 10.3. The molecule has 0 N–H and O–H groups in total. The zero-order chi connectivity index (χ0) is 6.53. The number of rotatable bonds is 2. The first kappa shape index (κ1) is 5.95. The van der Waals surface area contributed by atoms with Gasteiger partial charge in [-0.05, 0) is 13.0 Å². The van der Waals surface area contributed by atoms with Gasteiger partial charge in [-0.25, -0.2) is 0 Å². The molecule has 0 fully saturated rings. The van der Waals surface area contributed by atoms with Gasteiger partial charge in [0.05, 0.1) is 12.5 Å². The highest BCUT2D eigenvalue weighted by molar-refractivity contribution is 5.05. The molecule has 0 bridgehead atoms. The van der Waals surface area contributed by atoms with Crippen molar-refractivity contribution in [3.63, 3.8) is 0 Å². The van der Waals surface area contributed by atoms with E-state index in [1.54, 1.807) is 30.7 Å². The average Bonchev–Trinajstić information content (AvgIpc) is 2.34. The topological polar surface area (TPSA) is 22.4 Å². The molecule has 0 saturated carbocycles.